The number of hydrogen-bond acceptors (Lipinski definition) is 4. The Morgan fingerprint density at radius 2 is 1.83 bits per heavy atom. The second-order valence-corrected chi connectivity index (χ2v) is 8.63. The Morgan fingerprint density at radius 3 is 2.54 bits per heavy atom. The molecule has 0 atom stereocenters. The fraction of sp³-hybridized carbons (Fsp3) is 0.294. The number of hydrogen-bond donors (Lipinski definition) is 2. The van der Waals surface area contributed by atoms with Crippen molar-refractivity contribution in [3.8, 4) is 0 Å². The summed E-state index contributed by atoms with van der Waals surface area (Å²) < 4.78 is 1.14. The molecule has 2 amide bonds. The number of thiophene rings is 1. The summed E-state index contributed by atoms with van der Waals surface area (Å²) >= 11 is 6.97. The minimum Gasteiger partial charge on any atom is -0.355 e. The monoisotopic (exact) mass is 426 g/mol. The van der Waals surface area contributed by atoms with Gasteiger partial charge < -0.3 is 10.6 Å². The summed E-state index contributed by atoms with van der Waals surface area (Å²) in [6.45, 7) is 0.985. The molecule has 1 aromatic heterocycles. The molecule has 0 bridgehead atoms. The highest BCUT2D eigenvalue weighted by atomic mass is 79.9. The van der Waals surface area contributed by atoms with Crippen LogP contribution in [0.5, 0.6) is 0 Å². The lowest BCUT2D eigenvalue weighted by Gasteiger charge is -2.06. The molecular weight excluding hydrogens is 408 g/mol. The summed E-state index contributed by atoms with van der Waals surface area (Å²) in [5.74, 6) is 1.64. The summed E-state index contributed by atoms with van der Waals surface area (Å²) in [5.41, 5.74) is 0.606. The Labute approximate surface area is 158 Å². The van der Waals surface area contributed by atoms with Crippen molar-refractivity contribution >= 4 is 50.8 Å². The molecule has 0 saturated carbocycles. The van der Waals surface area contributed by atoms with Crippen molar-refractivity contribution in [2.24, 2.45) is 0 Å². The van der Waals surface area contributed by atoms with Crippen molar-refractivity contribution < 1.29 is 9.59 Å². The third-order valence-electron chi connectivity index (χ3n) is 3.12. The first-order chi connectivity index (χ1) is 11.6. The number of carbonyl (C=O) groups excluding carboxylic acids is 2. The molecule has 128 valence electrons. The first-order valence-corrected chi connectivity index (χ1v) is 10.3. The average Bonchev–Trinajstić information content (AvgIpc) is 3.00. The fourth-order valence-corrected chi connectivity index (χ4v) is 4.39. The van der Waals surface area contributed by atoms with Crippen molar-refractivity contribution in [1.29, 1.82) is 0 Å². The molecule has 1 aromatic carbocycles. The molecule has 0 aliphatic carbocycles. The van der Waals surface area contributed by atoms with Crippen LogP contribution in [-0.4, -0.2) is 30.7 Å². The summed E-state index contributed by atoms with van der Waals surface area (Å²) in [4.78, 5) is 24.9. The molecule has 0 spiro atoms. The van der Waals surface area contributed by atoms with Gasteiger partial charge in [-0.3, -0.25) is 9.59 Å². The minimum atomic E-state index is -0.152. The predicted octanol–water partition coefficient (Wildman–Crippen LogP) is 3.68. The molecule has 0 aliphatic heterocycles. The highest BCUT2D eigenvalue weighted by Gasteiger charge is 2.05. The summed E-state index contributed by atoms with van der Waals surface area (Å²) in [6.07, 6.45) is 0.293. The van der Waals surface area contributed by atoms with Gasteiger partial charge in [0.2, 0.25) is 5.91 Å². The van der Waals surface area contributed by atoms with E-state index < -0.39 is 0 Å². The fourth-order valence-electron chi connectivity index (χ4n) is 1.93. The number of carbonyl (C=O) groups is 2. The van der Waals surface area contributed by atoms with Gasteiger partial charge in [-0.15, -0.1) is 11.3 Å². The quantitative estimate of drug-likeness (QED) is 0.601. The van der Waals surface area contributed by atoms with E-state index in [9.17, 15) is 9.59 Å². The van der Waals surface area contributed by atoms with Crippen LogP contribution < -0.4 is 10.6 Å². The highest BCUT2D eigenvalue weighted by molar-refractivity contribution is 9.11. The zero-order valence-corrected chi connectivity index (χ0v) is 16.3. The van der Waals surface area contributed by atoms with Gasteiger partial charge in [0.15, 0.2) is 0 Å². The predicted molar refractivity (Wildman–Crippen MR) is 105 cm³/mol. The van der Waals surface area contributed by atoms with E-state index in [4.69, 9.17) is 0 Å². The Hall–Kier alpha value is -1.31. The summed E-state index contributed by atoms with van der Waals surface area (Å²) in [6, 6.07) is 13.1. The Kier molecular flexibility index (Phi) is 8.35. The standard InChI is InChI=1S/C17H19BrN2O2S2/c18-15-7-6-14(24-15)12-23-11-10-19-16(21)8-9-20-17(22)13-4-2-1-3-5-13/h1-7H,8-12H2,(H,19,21)(H,20,22). The van der Waals surface area contributed by atoms with E-state index in [2.05, 4.69) is 32.6 Å². The maximum Gasteiger partial charge on any atom is 0.251 e. The number of halogens is 1. The molecule has 0 fully saturated rings. The van der Waals surface area contributed by atoms with Crippen molar-refractivity contribution in [3.63, 3.8) is 0 Å². The van der Waals surface area contributed by atoms with Crippen LogP contribution in [0, 0.1) is 0 Å². The smallest absolute Gasteiger partial charge is 0.251 e. The molecule has 0 aliphatic rings. The molecule has 0 saturated heterocycles. The average molecular weight is 427 g/mol. The second-order valence-electron chi connectivity index (χ2n) is 4.98. The Bertz CT molecular complexity index is 662. The molecule has 1 heterocycles. The SMILES string of the molecule is O=C(CCNC(=O)c1ccccc1)NCCSCc1ccc(Br)s1. The topological polar surface area (TPSA) is 58.2 Å². The van der Waals surface area contributed by atoms with Crippen LogP contribution in [0.25, 0.3) is 0 Å². The van der Waals surface area contributed by atoms with Gasteiger partial charge in [-0.25, -0.2) is 0 Å². The van der Waals surface area contributed by atoms with Gasteiger partial charge in [0.1, 0.15) is 0 Å². The van der Waals surface area contributed by atoms with Crippen LogP contribution in [0.2, 0.25) is 0 Å². The van der Waals surface area contributed by atoms with Gasteiger partial charge in [0, 0.05) is 41.5 Å². The van der Waals surface area contributed by atoms with Gasteiger partial charge in [0.05, 0.1) is 3.79 Å². The molecule has 2 N–H and O–H groups in total. The van der Waals surface area contributed by atoms with E-state index in [0.29, 0.717) is 25.1 Å². The maximum absolute atomic E-state index is 11.8. The van der Waals surface area contributed by atoms with E-state index in [1.807, 2.05) is 24.3 Å². The number of thioether (sulfide) groups is 1. The van der Waals surface area contributed by atoms with Crippen molar-refractivity contribution in [1.82, 2.24) is 10.6 Å². The van der Waals surface area contributed by atoms with E-state index in [1.165, 1.54) is 4.88 Å². The minimum absolute atomic E-state index is 0.0390. The molecule has 0 radical (unpaired) electrons. The summed E-state index contributed by atoms with van der Waals surface area (Å²) in [5, 5.41) is 5.62. The van der Waals surface area contributed by atoms with Gasteiger partial charge in [-0.2, -0.15) is 11.8 Å². The first kappa shape index (κ1) is 19.0. The molecule has 4 nitrogen and oxygen atoms in total. The zero-order chi connectivity index (χ0) is 17.2. The number of rotatable bonds is 9. The number of amides is 2. The van der Waals surface area contributed by atoms with E-state index in [-0.39, 0.29) is 11.8 Å². The van der Waals surface area contributed by atoms with Gasteiger partial charge in [-0.05, 0) is 40.2 Å². The van der Waals surface area contributed by atoms with E-state index in [0.717, 1.165) is 15.3 Å². The largest absolute Gasteiger partial charge is 0.355 e. The molecule has 2 rings (SSSR count). The Morgan fingerprint density at radius 1 is 1.04 bits per heavy atom. The zero-order valence-electron chi connectivity index (χ0n) is 13.1. The third kappa shape index (κ3) is 7.07. The van der Waals surface area contributed by atoms with Gasteiger partial charge >= 0.3 is 0 Å². The van der Waals surface area contributed by atoms with Crippen molar-refractivity contribution in [3.05, 3.63) is 56.7 Å². The maximum atomic E-state index is 11.8. The van der Waals surface area contributed by atoms with Crippen molar-refractivity contribution in [2.75, 3.05) is 18.8 Å². The highest BCUT2D eigenvalue weighted by Crippen LogP contribution is 2.25. The first-order valence-electron chi connectivity index (χ1n) is 7.57. The lowest BCUT2D eigenvalue weighted by Crippen LogP contribution is -2.31. The summed E-state index contributed by atoms with van der Waals surface area (Å²) in [7, 11) is 0. The van der Waals surface area contributed by atoms with Crippen LogP contribution in [-0.2, 0) is 10.5 Å². The van der Waals surface area contributed by atoms with Crippen LogP contribution in [0.3, 0.4) is 0 Å². The third-order valence-corrected chi connectivity index (χ3v) is 5.93. The van der Waals surface area contributed by atoms with Crippen LogP contribution >= 0.6 is 39.0 Å². The lowest BCUT2D eigenvalue weighted by molar-refractivity contribution is -0.120. The number of benzene rings is 1. The second kappa shape index (κ2) is 10.5. The van der Waals surface area contributed by atoms with Crippen molar-refractivity contribution in [2.45, 2.75) is 12.2 Å². The van der Waals surface area contributed by atoms with Crippen LogP contribution in [0.15, 0.2) is 46.3 Å². The molecule has 2 aromatic rings. The lowest BCUT2D eigenvalue weighted by atomic mass is 10.2. The number of nitrogens with one attached hydrogen (secondary N) is 2. The Balaban J connectivity index is 1.51. The molecular formula is C17H19BrN2O2S2. The van der Waals surface area contributed by atoms with E-state index in [1.54, 1.807) is 35.2 Å². The van der Waals surface area contributed by atoms with Crippen LogP contribution in [0.4, 0.5) is 0 Å². The van der Waals surface area contributed by atoms with Crippen LogP contribution in [0.1, 0.15) is 21.7 Å². The molecule has 7 heteroatoms. The van der Waals surface area contributed by atoms with Gasteiger partial charge in [0.25, 0.3) is 5.91 Å². The van der Waals surface area contributed by atoms with Gasteiger partial charge in [-0.1, -0.05) is 18.2 Å². The molecule has 24 heavy (non-hydrogen) atoms. The van der Waals surface area contributed by atoms with E-state index >= 15 is 0 Å². The molecule has 0 unspecified atom stereocenters. The normalized spacial score (nSPS) is 10.4.